The Kier molecular flexibility index (Phi) is 5.76. The number of hydrogen-bond acceptors (Lipinski definition) is 5. The van der Waals surface area contributed by atoms with E-state index >= 15 is 0 Å². The quantitative estimate of drug-likeness (QED) is 0.636. The van der Waals surface area contributed by atoms with Gasteiger partial charge in [0.2, 0.25) is 0 Å². The summed E-state index contributed by atoms with van der Waals surface area (Å²) in [6, 6.07) is 0. The maximum absolute atomic E-state index is 11.4. The van der Waals surface area contributed by atoms with Crippen LogP contribution >= 0.6 is 11.6 Å². The molecule has 6 nitrogen and oxygen atoms in total. The van der Waals surface area contributed by atoms with Gasteiger partial charge in [0.1, 0.15) is 5.69 Å². The standard InChI is InChI=1S/C13H16ClNO5/c1-7-9(6-11(17)20-3)8(4-5-10(16)19-2)12(15-7)13(14)18/h15H,4-6H2,1-3H3. The summed E-state index contributed by atoms with van der Waals surface area (Å²) in [4.78, 5) is 36.9. The lowest BCUT2D eigenvalue weighted by molar-refractivity contribution is -0.140. The number of rotatable bonds is 6. The second kappa shape index (κ2) is 7.09. The topological polar surface area (TPSA) is 85.5 Å². The third kappa shape index (κ3) is 3.84. The van der Waals surface area contributed by atoms with Gasteiger partial charge in [0.15, 0.2) is 0 Å². The van der Waals surface area contributed by atoms with Gasteiger partial charge in [-0.15, -0.1) is 0 Å². The second-order valence-corrected chi connectivity index (χ2v) is 4.53. The summed E-state index contributed by atoms with van der Waals surface area (Å²) in [6.07, 6.45) is 0.371. The fourth-order valence-electron chi connectivity index (χ4n) is 1.94. The molecule has 0 atom stereocenters. The molecule has 1 aromatic rings. The molecule has 1 N–H and O–H groups in total. The zero-order valence-electron chi connectivity index (χ0n) is 11.5. The number of carbonyl (C=O) groups excluding carboxylic acids is 3. The van der Waals surface area contributed by atoms with Gasteiger partial charge in [-0.1, -0.05) is 0 Å². The molecule has 0 amide bonds. The first-order chi connectivity index (χ1) is 9.40. The molecule has 0 unspecified atom stereocenters. The molecule has 0 aromatic carbocycles. The summed E-state index contributed by atoms with van der Waals surface area (Å²) < 4.78 is 9.18. The second-order valence-electron chi connectivity index (χ2n) is 4.18. The van der Waals surface area contributed by atoms with Gasteiger partial charge in [0.05, 0.1) is 20.6 Å². The lowest BCUT2D eigenvalue weighted by Crippen LogP contribution is -2.09. The number of esters is 2. The number of aromatic amines is 1. The molecule has 1 aromatic heterocycles. The van der Waals surface area contributed by atoms with Crippen molar-refractivity contribution < 1.29 is 23.9 Å². The van der Waals surface area contributed by atoms with E-state index in [1.54, 1.807) is 6.92 Å². The van der Waals surface area contributed by atoms with Crippen LogP contribution in [0.4, 0.5) is 0 Å². The summed E-state index contributed by atoms with van der Waals surface area (Å²) in [6.45, 7) is 1.73. The molecule has 0 saturated heterocycles. The number of ether oxygens (including phenoxy) is 2. The molecule has 0 fully saturated rings. The van der Waals surface area contributed by atoms with E-state index in [2.05, 4.69) is 14.5 Å². The Morgan fingerprint density at radius 2 is 1.70 bits per heavy atom. The van der Waals surface area contributed by atoms with Gasteiger partial charge < -0.3 is 14.5 Å². The Balaban J connectivity index is 3.10. The van der Waals surface area contributed by atoms with Gasteiger partial charge in [0, 0.05) is 12.1 Å². The molecule has 7 heteroatoms. The van der Waals surface area contributed by atoms with Gasteiger partial charge in [-0.05, 0) is 36.1 Å². The number of carbonyl (C=O) groups is 3. The lowest BCUT2D eigenvalue weighted by atomic mass is 10.0. The van der Waals surface area contributed by atoms with Crippen LogP contribution in [0, 0.1) is 6.92 Å². The minimum atomic E-state index is -0.663. The fourth-order valence-corrected chi connectivity index (χ4v) is 2.11. The maximum Gasteiger partial charge on any atom is 0.310 e. The molecule has 1 heterocycles. The van der Waals surface area contributed by atoms with Crippen LogP contribution < -0.4 is 0 Å². The van der Waals surface area contributed by atoms with Crippen molar-refractivity contribution in [2.75, 3.05) is 14.2 Å². The van der Waals surface area contributed by atoms with Crippen molar-refractivity contribution in [3.63, 3.8) is 0 Å². The Labute approximate surface area is 121 Å². The Morgan fingerprint density at radius 3 is 2.20 bits per heavy atom. The molecule has 110 valence electrons. The average molecular weight is 302 g/mol. The molecule has 1 rings (SSSR count). The highest BCUT2D eigenvalue weighted by molar-refractivity contribution is 6.67. The number of methoxy groups -OCH3 is 2. The van der Waals surface area contributed by atoms with Crippen LogP contribution in [0.5, 0.6) is 0 Å². The van der Waals surface area contributed by atoms with Crippen LogP contribution in [0.2, 0.25) is 0 Å². The van der Waals surface area contributed by atoms with Crippen molar-refractivity contribution in [3.05, 3.63) is 22.5 Å². The van der Waals surface area contributed by atoms with Crippen LogP contribution in [0.3, 0.4) is 0 Å². The van der Waals surface area contributed by atoms with Gasteiger partial charge in [-0.25, -0.2) is 0 Å². The fraction of sp³-hybridized carbons (Fsp3) is 0.462. The minimum absolute atomic E-state index is 0.0134. The van der Waals surface area contributed by atoms with Gasteiger partial charge in [-0.2, -0.15) is 0 Å². The molecular formula is C13H16ClNO5. The SMILES string of the molecule is COC(=O)CCc1c(C(=O)Cl)[nH]c(C)c1CC(=O)OC. The van der Waals surface area contributed by atoms with E-state index in [0.29, 0.717) is 16.8 Å². The first kappa shape index (κ1) is 16.2. The van der Waals surface area contributed by atoms with E-state index < -0.39 is 17.2 Å². The molecule has 20 heavy (non-hydrogen) atoms. The highest BCUT2D eigenvalue weighted by Crippen LogP contribution is 2.23. The molecule has 0 radical (unpaired) electrons. The third-order valence-corrected chi connectivity index (χ3v) is 3.17. The van der Waals surface area contributed by atoms with Crippen LogP contribution in [-0.4, -0.2) is 36.4 Å². The molecule has 0 aliphatic carbocycles. The van der Waals surface area contributed by atoms with E-state index in [0.717, 1.165) is 0 Å². The Hall–Kier alpha value is -1.82. The van der Waals surface area contributed by atoms with Crippen molar-refractivity contribution in [1.29, 1.82) is 0 Å². The van der Waals surface area contributed by atoms with E-state index in [-0.39, 0.29) is 25.0 Å². The van der Waals surface area contributed by atoms with Crippen molar-refractivity contribution in [1.82, 2.24) is 4.98 Å². The van der Waals surface area contributed by atoms with Gasteiger partial charge >= 0.3 is 11.9 Å². The minimum Gasteiger partial charge on any atom is -0.469 e. The molecule has 0 bridgehead atoms. The number of nitrogens with one attached hydrogen (secondary N) is 1. The lowest BCUT2D eigenvalue weighted by Gasteiger charge is -2.05. The molecule has 0 spiro atoms. The first-order valence-corrected chi connectivity index (χ1v) is 6.32. The van der Waals surface area contributed by atoms with E-state index in [1.807, 2.05) is 0 Å². The van der Waals surface area contributed by atoms with E-state index in [4.69, 9.17) is 11.6 Å². The summed E-state index contributed by atoms with van der Waals surface area (Å²) in [5.74, 6) is -0.833. The monoisotopic (exact) mass is 301 g/mol. The molecule has 0 saturated carbocycles. The van der Waals surface area contributed by atoms with Crippen LogP contribution in [0.1, 0.15) is 33.7 Å². The molecular weight excluding hydrogens is 286 g/mol. The summed E-state index contributed by atoms with van der Waals surface area (Å²) in [5.41, 5.74) is 2.04. The number of hydrogen-bond donors (Lipinski definition) is 1. The zero-order chi connectivity index (χ0) is 15.3. The van der Waals surface area contributed by atoms with Crippen molar-refractivity contribution in [2.45, 2.75) is 26.2 Å². The van der Waals surface area contributed by atoms with Crippen molar-refractivity contribution in [2.24, 2.45) is 0 Å². The average Bonchev–Trinajstić information content (AvgIpc) is 2.73. The molecule has 0 aliphatic rings. The normalized spacial score (nSPS) is 10.2. The number of halogens is 1. The zero-order valence-corrected chi connectivity index (χ0v) is 12.3. The highest BCUT2D eigenvalue weighted by Gasteiger charge is 2.21. The van der Waals surface area contributed by atoms with Crippen molar-refractivity contribution in [3.8, 4) is 0 Å². The smallest absolute Gasteiger partial charge is 0.310 e. The first-order valence-electron chi connectivity index (χ1n) is 5.94. The summed E-state index contributed by atoms with van der Waals surface area (Å²) >= 11 is 5.51. The van der Waals surface area contributed by atoms with Gasteiger partial charge in [0.25, 0.3) is 5.24 Å². The summed E-state index contributed by atoms with van der Waals surface area (Å²) in [7, 11) is 2.57. The Bertz CT molecular complexity index is 535. The maximum atomic E-state index is 11.4. The van der Waals surface area contributed by atoms with Gasteiger partial charge in [-0.3, -0.25) is 14.4 Å². The molecule has 0 aliphatic heterocycles. The summed E-state index contributed by atoms with van der Waals surface area (Å²) in [5, 5.41) is -0.663. The van der Waals surface area contributed by atoms with Crippen molar-refractivity contribution >= 4 is 28.8 Å². The number of aryl methyl sites for hydroxylation is 1. The predicted octanol–water partition coefficient (Wildman–Crippen LogP) is 1.52. The van der Waals surface area contributed by atoms with E-state index in [1.165, 1.54) is 14.2 Å². The Morgan fingerprint density at radius 1 is 1.10 bits per heavy atom. The van der Waals surface area contributed by atoms with Crippen LogP contribution in [0.25, 0.3) is 0 Å². The van der Waals surface area contributed by atoms with Crippen LogP contribution in [-0.2, 0) is 31.9 Å². The number of aromatic nitrogens is 1. The highest BCUT2D eigenvalue weighted by atomic mass is 35.5. The predicted molar refractivity (Wildman–Crippen MR) is 71.8 cm³/mol. The van der Waals surface area contributed by atoms with E-state index in [9.17, 15) is 14.4 Å². The number of H-pyrrole nitrogens is 1. The largest absolute Gasteiger partial charge is 0.469 e. The third-order valence-electron chi connectivity index (χ3n) is 2.98. The van der Waals surface area contributed by atoms with Crippen LogP contribution in [0.15, 0.2) is 0 Å².